The molecule has 0 aliphatic carbocycles. The number of carbonyl (C=O) groups is 1. The van der Waals surface area contributed by atoms with Gasteiger partial charge in [0.2, 0.25) is 0 Å². The number of hydrogen-bond acceptors (Lipinski definition) is 4. The topological polar surface area (TPSA) is 59.2 Å². The van der Waals surface area contributed by atoms with Crippen LogP contribution in [0.2, 0.25) is 0 Å². The van der Waals surface area contributed by atoms with Crippen LogP contribution in [0.1, 0.15) is 27.6 Å². The van der Waals surface area contributed by atoms with Gasteiger partial charge in [-0.3, -0.25) is 14.7 Å². The summed E-state index contributed by atoms with van der Waals surface area (Å²) in [5, 5.41) is 0. The summed E-state index contributed by atoms with van der Waals surface area (Å²) in [6.45, 7) is 3.63. The predicted molar refractivity (Wildman–Crippen MR) is 102 cm³/mol. The first-order valence-corrected chi connectivity index (χ1v) is 9.13. The number of pyridine rings is 1. The van der Waals surface area contributed by atoms with Crippen LogP contribution in [0.4, 0.5) is 0 Å². The lowest BCUT2D eigenvalue weighted by Gasteiger charge is -2.27. The van der Waals surface area contributed by atoms with E-state index in [1.165, 1.54) is 5.56 Å². The Morgan fingerprint density at radius 2 is 2.11 bits per heavy atom. The summed E-state index contributed by atoms with van der Waals surface area (Å²) in [5.74, 6) is 1.01. The molecule has 7 nitrogen and oxygen atoms in total. The molecular formula is C20H24N6O. The molecule has 0 fully saturated rings. The highest BCUT2D eigenvalue weighted by Crippen LogP contribution is 2.17. The van der Waals surface area contributed by atoms with Crippen molar-refractivity contribution in [2.45, 2.75) is 26.2 Å². The summed E-state index contributed by atoms with van der Waals surface area (Å²) in [6, 6.07) is 7.79. The number of aromatic nitrogens is 4. The van der Waals surface area contributed by atoms with E-state index in [4.69, 9.17) is 4.98 Å². The van der Waals surface area contributed by atoms with E-state index in [1.807, 2.05) is 47.1 Å². The third kappa shape index (κ3) is 3.78. The first-order valence-electron chi connectivity index (χ1n) is 9.13. The molecule has 0 N–H and O–H groups in total. The molecule has 3 aromatic heterocycles. The van der Waals surface area contributed by atoms with Crippen molar-refractivity contribution in [3.05, 3.63) is 71.8 Å². The van der Waals surface area contributed by atoms with Gasteiger partial charge in [0.05, 0.1) is 12.2 Å². The van der Waals surface area contributed by atoms with Crippen LogP contribution in [-0.2, 0) is 33.2 Å². The zero-order valence-corrected chi connectivity index (χ0v) is 15.7. The van der Waals surface area contributed by atoms with E-state index >= 15 is 0 Å². The molecule has 4 rings (SSSR count). The maximum Gasteiger partial charge on any atom is 0.270 e. The molecule has 0 bridgehead atoms. The molecule has 27 heavy (non-hydrogen) atoms. The monoisotopic (exact) mass is 364 g/mol. The Balaban J connectivity index is 1.41. The Kier molecular flexibility index (Phi) is 4.77. The molecule has 7 heteroatoms. The first-order chi connectivity index (χ1) is 13.1. The van der Waals surface area contributed by atoms with E-state index in [9.17, 15) is 4.79 Å². The molecule has 0 aromatic carbocycles. The molecule has 0 spiro atoms. The number of amides is 1. The Morgan fingerprint density at radius 3 is 2.85 bits per heavy atom. The van der Waals surface area contributed by atoms with Crippen LogP contribution in [0, 0.1) is 0 Å². The summed E-state index contributed by atoms with van der Waals surface area (Å²) in [4.78, 5) is 25.8. The van der Waals surface area contributed by atoms with Gasteiger partial charge < -0.3 is 14.0 Å². The van der Waals surface area contributed by atoms with Crippen LogP contribution < -0.4 is 0 Å². The standard InChI is InChI=1S/C20H24N6O/c1-23(12-16-5-3-7-21-11-16)13-17-14-25-9-10-26(15-19(25)22-17)20(27)18-6-4-8-24(18)2/h3-8,11,14H,9-10,12-13,15H2,1-2H3. The molecule has 0 saturated carbocycles. The molecule has 0 atom stereocenters. The molecule has 4 heterocycles. The molecule has 0 radical (unpaired) electrons. The predicted octanol–water partition coefficient (Wildman–Crippen LogP) is 1.90. The number of fused-ring (bicyclic) bond motifs is 1. The fourth-order valence-corrected chi connectivity index (χ4v) is 3.54. The van der Waals surface area contributed by atoms with Crippen LogP contribution in [0.3, 0.4) is 0 Å². The molecule has 0 saturated heterocycles. The first kappa shape index (κ1) is 17.5. The maximum absolute atomic E-state index is 12.7. The SMILES string of the molecule is CN(Cc1cccnc1)Cc1cn2c(n1)CN(C(=O)c1cccn1C)CC2. The fraction of sp³-hybridized carbons (Fsp3) is 0.350. The number of rotatable bonds is 5. The second kappa shape index (κ2) is 7.36. The van der Waals surface area contributed by atoms with Gasteiger partial charge in [-0.15, -0.1) is 0 Å². The average molecular weight is 364 g/mol. The highest BCUT2D eigenvalue weighted by atomic mass is 16.2. The van der Waals surface area contributed by atoms with Gasteiger partial charge in [0.25, 0.3) is 5.91 Å². The maximum atomic E-state index is 12.7. The molecule has 3 aromatic rings. The van der Waals surface area contributed by atoms with Crippen molar-refractivity contribution in [2.24, 2.45) is 7.05 Å². The molecule has 140 valence electrons. The van der Waals surface area contributed by atoms with Gasteiger partial charge in [-0.25, -0.2) is 4.98 Å². The van der Waals surface area contributed by atoms with E-state index in [-0.39, 0.29) is 5.91 Å². The Labute approximate surface area is 158 Å². The second-order valence-electron chi connectivity index (χ2n) is 7.11. The number of carbonyl (C=O) groups excluding carboxylic acids is 1. The lowest BCUT2D eigenvalue weighted by atomic mass is 10.2. The highest BCUT2D eigenvalue weighted by molar-refractivity contribution is 5.92. The second-order valence-corrected chi connectivity index (χ2v) is 7.11. The van der Waals surface area contributed by atoms with Crippen LogP contribution in [-0.4, -0.2) is 48.4 Å². The van der Waals surface area contributed by atoms with Crippen molar-refractivity contribution >= 4 is 5.91 Å². The zero-order valence-electron chi connectivity index (χ0n) is 15.7. The average Bonchev–Trinajstić information content (AvgIpc) is 3.26. The number of aryl methyl sites for hydroxylation is 1. The van der Waals surface area contributed by atoms with Gasteiger partial charge in [-0.1, -0.05) is 6.07 Å². The lowest BCUT2D eigenvalue weighted by Crippen LogP contribution is -2.38. The molecule has 1 amide bonds. The molecule has 0 unspecified atom stereocenters. The van der Waals surface area contributed by atoms with Crippen LogP contribution in [0.5, 0.6) is 0 Å². The van der Waals surface area contributed by atoms with Crippen LogP contribution >= 0.6 is 0 Å². The van der Waals surface area contributed by atoms with Crippen molar-refractivity contribution in [3.63, 3.8) is 0 Å². The quantitative estimate of drug-likeness (QED) is 0.694. The van der Waals surface area contributed by atoms with Gasteiger partial charge in [0.15, 0.2) is 0 Å². The van der Waals surface area contributed by atoms with E-state index in [1.54, 1.807) is 6.20 Å². The number of nitrogens with zero attached hydrogens (tertiary/aromatic N) is 6. The summed E-state index contributed by atoms with van der Waals surface area (Å²) in [7, 11) is 3.98. The Morgan fingerprint density at radius 1 is 1.22 bits per heavy atom. The Bertz CT molecular complexity index is 929. The minimum Gasteiger partial charge on any atom is -0.347 e. The van der Waals surface area contributed by atoms with Crippen molar-refractivity contribution in [2.75, 3.05) is 13.6 Å². The highest BCUT2D eigenvalue weighted by Gasteiger charge is 2.24. The van der Waals surface area contributed by atoms with E-state index in [2.05, 4.69) is 33.8 Å². The third-order valence-corrected chi connectivity index (χ3v) is 4.91. The molecular weight excluding hydrogens is 340 g/mol. The largest absolute Gasteiger partial charge is 0.347 e. The van der Waals surface area contributed by atoms with Crippen molar-refractivity contribution in [3.8, 4) is 0 Å². The minimum atomic E-state index is 0.0620. The van der Waals surface area contributed by atoms with Crippen LogP contribution in [0.15, 0.2) is 49.1 Å². The number of hydrogen-bond donors (Lipinski definition) is 0. The van der Waals surface area contributed by atoms with Crippen LogP contribution in [0.25, 0.3) is 0 Å². The molecule has 1 aliphatic heterocycles. The normalized spacial score (nSPS) is 13.8. The summed E-state index contributed by atoms with van der Waals surface area (Å²) >= 11 is 0. The van der Waals surface area contributed by atoms with Gasteiger partial charge in [0.1, 0.15) is 11.5 Å². The summed E-state index contributed by atoms with van der Waals surface area (Å²) < 4.78 is 4.03. The smallest absolute Gasteiger partial charge is 0.270 e. The summed E-state index contributed by atoms with van der Waals surface area (Å²) in [5.41, 5.74) is 2.93. The van der Waals surface area contributed by atoms with Gasteiger partial charge in [0, 0.05) is 58.0 Å². The van der Waals surface area contributed by atoms with E-state index in [0.717, 1.165) is 31.2 Å². The third-order valence-electron chi connectivity index (χ3n) is 4.91. The minimum absolute atomic E-state index is 0.0620. The van der Waals surface area contributed by atoms with Crippen molar-refractivity contribution in [1.29, 1.82) is 0 Å². The Hall–Kier alpha value is -2.93. The van der Waals surface area contributed by atoms with Crippen molar-refractivity contribution in [1.82, 2.24) is 28.9 Å². The zero-order chi connectivity index (χ0) is 18.8. The summed E-state index contributed by atoms with van der Waals surface area (Å²) in [6.07, 6.45) is 7.69. The van der Waals surface area contributed by atoms with Gasteiger partial charge in [-0.2, -0.15) is 0 Å². The van der Waals surface area contributed by atoms with E-state index in [0.29, 0.717) is 18.8 Å². The van der Waals surface area contributed by atoms with Gasteiger partial charge in [-0.05, 0) is 30.8 Å². The van der Waals surface area contributed by atoms with Gasteiger partial charge >= 0.3 is 0 Å². The molecule has 1 aliphatic rings. The fourth-order valence-electron chi connectivity index (χ4n) is 3.54. The number of imidazole rings is 1. The van der Waals surface area contributed by atoms with E-state index < -0.39 is 0 Å². The van der Waals surface area contributed by atoms with Crippen molar-refractivity contribution < 1.29 is 4.79 Å². The lowest BCUT2D eigenvalue weighted by molar-refractivity contribution is 0.0698.